The molecule has 172 valence electrons. The minimum absolute atomic E-state index is 0.0505. The van der Waals surface area contributed by atoms with Gasteiger partial charge < -0.3 is 19.3 Å². The lowest BCUT2D eigenvalue weighted by Gasteiger charge is -2.10. The van der Waals surface area contributed by atoms with Gasteiger partial charge in [0.2, 0.25) is 0 Å². The van der Waals surface area contributed by atoms with Crippen LogP contribution in [-0.4, -0.2) is 47.9 Å². The fourth-order valence-corrected chi connectivity index (χ4v) is 1.24. The molecule has 0 aromatic carbocycles. The number of esters is 3. The largest absolute Gasteiger partial charge is 0.463 e. The molecule has 7 heteroatoms. The van der Waals surface area contributed by atoms with E-state index in [2.05, 4.69) is 6.58 Å². The number of carbonyl (C=O) groups excluding carboxylic acids is 3. The molecule has 1 N–H and O–H groups in total. The highest BCUT2D eigenvalue weighted by Gasteiger charge is 2.08. The highest BCUT2D eigenvalue weighted by Crippen LogP contribution is 2.02. The van der Waals surface area contributed by atoms with Crippen molar-refractivity contribution in [1.82, 2.24) is 0 Å². The summed E-state index contributed by atoms with van der Waals surface area (Å²) in [4.78, 5) is 32.4. The molecule has 29 heavy (non-hydrogen) atoms. The molecule has 0 heterocycles. The van der Waals surface area contributed by atoms with Crippen molar-refractivity contribution < 1.29 is 33.7 Å². The van der Waals surface area contributed by atoms with Crippen molar-refractivity contribution in [2.24, 2.45) is 0 Å². The number of hydrogen-bond donors (Lipinski definition) is 1. The van der Waals surface area contributed by atoms with Crippen molar-refractivity contribution in [3.8, 4) is 0 Å². The maximum absolute atomic E-state index is 11.2. The van der Waals surface area contributed by atoms with Gasteiger partial charge in [-0.05, 0) is 53.4 Å². The Morgan fingerprint density at radius 3 is 1.66 bits per heavy atom. The Morgan fingerprint density at radius 1 is 0.897 bits per heavy atom. The molecule has 3 atom stereocenters. The minimum Gasteiger partial charge on any atom is -0.463 e. The van der Waals surface area contributed by atoms with Gasteiger partial charge in [-0.25, -0.2) is 4.79 Å². The Kier molecular flexibility index (Phi) is 22.8. The number of hydrogen-bond acceptors (Lipinski definition) is 7. The Labute approximate surface area is 176 Å². The Bertz CT molecular complexity index is 458. The van der Waals surface area contributed by atoms with Gasteiger partial charge in [0.05, 0.1) is 24.9 Å². The van der Waals surface area contributed by atoms with E-state index in [0.717, 1.165) is 19.3 Å². The zero-order valence-corrected chi connectivity index (χ0v) is 19.6. The molecule has 0 rings (SSSR count). The van der Waals surface area contributed by atoms with Crippen molar-refractivity contribution >= 4 is 17.9 Å². The molecule has 0 saturated heterocycles. The Hall–Kier alpha value is -1.89. The van der Waals surface area contributed by atoms with Crippen molar-refractivity contribution in [2.75, 3.05) is 6.61 Å². The second-order valence-corrected chi connectivity index (χ2v) is 6.81. The lowest BCUT2D eigenvalue weighted by atomic mass is 10.3. The van der Waals surface area contributed by atoms with Gasteiger partial charge in [-0.2, -0.15) is 0 Å². The highest BCUT2D eigenvalue weighted by atomic mass is 16.5. The molecule has 0 aliphatic heterocycles. The van der Waals surface area contributed by atoms with E-state index in [-0.39, 0.29) is 43.3 Å². The van der Waals surface area contributed by atoms with Gasteiger partial charge in [-0.15, -0.1) is 0 Å². The Balaban J connectivity index is -0.000000430. The van der Waals surface area contributed by atoms with Crippen LogP contribution in [0.2, 0.25) is 0 Å². The van der Waals surface area contributed by atoms with Gasteiger partial charge in [0, 0.05) is 18.9 Å². The van der Waals surface area contributed by atoms with Crippen molar-refractivity contribution in [3.05, 3.63) is 12.2 Å². The average Bonchev–Trinajstić information content (AvgIpc) is 2.65. The number of ether oxygens (including phenoxy) is 3. The third-order valence-corrected chi connectivity index (χ3v) is 3.55. The van der Waals surface area contributed by atoms with Gasteiger partial charge in [-0.1, -0.05) is 27.4 Å². The lowest BCUT2D eigenvalue weighted by Crippen LogP contribution is -2.14. The summed E-state index contributed by atoms with van der Waals surface area (Å²) in [5.74, 6) is -0.865. The van der Waals surface area contributed by atoms with Crippen LogP contribution in [0.1, 0.15) is 87.5 Å². The van der Waals surface area contributed by atoms with Gasteiger partial charge >= 0.3 is 17.9 Å². The molecule has 7 nitrogen and oxygen atoms in total. The smallest absolute Gasteiger partial charge is 0.333 e. The maximum atomic E-state index is 11.2. The van der Waals surface area contributed by atoms with E-state index in [4.69, 9.17) is 19.3 Å². The fraction of sp³-hybridized carbons (Fsp3) is 0.773. The first kappa shape index (κ1) is 31.8. The summed E-state index contributed by atoms with van der Waals surface area (Å²) >= 11 is 0. The number of aliphatic hydroxyl groups excluding tert-OH is 1. The van der Waals surface area contributed by atoms with Gasteiger partial charge in [0.15, 0.2) is 0 Å². The van der Waals surface area contributed by atoms with E-state index in [1.54, 1.807) is 13.8 Å². The quantitative estimate of drug-likeness (QED) is 0.244. The summed E-state index contributed by atoms with van der Waals surface area (Å²) < 4.78 is 14.7. The van der Waals surface area contributed by atoms with Crippen molar-refractivity contribution in [1.29, 1.82) is 0 Å². The molecule has 0 amide bonds. The third-order valence-electron chi connectivity index (χ3n) is 3.55. The predicted octanol–water partition coefficient (Wildman–Crippen LogP) is 4.35. The van der Waals surface area contributed by atoms with Crippen LogP contribution in [0.15, 0.2) is 12.2 Å². The van der Waals surface area contributed by atoms with E-state index in [0.29, 0.717) is 12.0 Å². The second-order valence-electron chi connectivity index (χ2n) is 6.81. The molecule has 0 fully saturated rings. The second kappa shape index (κ2) is 20.8. The standard InChI is InChI=1S/C12H20O4.C6H12O2.C4H10O/c1-5-10(4)16-11(13)7-6-8-15-12(14)9(2)3;1-4-5(2)8-6(3)7;1-3-4(2)5/h10H,2,5-8H2,1,3-4H3;5H,4H2,1-3H3;4-5H,3H2,1-2H3. The maximum Gasteiger partial charge on any atom is 0.333 e. The van der Waals surface area contributed by atoms with E-state index >= 15 is 0 Å². The van der Waals surface area contributed by atoms with Gasteiger partial charge in [0.1, 0.15) is 0 Å². The van der Waals surface area contributed by atoms with Crippen LogP contribution in [-0.2, 0) is 28.6 Å². The lowest BCUT2D eigenvalue weighted by molar-refractivity contribution is -0.150. The number of carbonyl (C=O) groups is 3. The molecule has 0 aromatic rings. The van der Waals surface area contributed by atoms with E-state index in [1.807, 2.05) is 34.6 Å². The van der Waals surface area contributed by atoms with Gasteiger partial charge in [-0.3, -0.25) is 9.59 Å². The molecule has 0 aliphatic rings. The third kappa shape index (κ3) is 28.4. The van der Waals surface area contributed by atoms with Crippen LogP contribution in [0, 0.1) is 0 Å². The summed E-state index contributed by atoms with van der Waals surface area (Å²) in [6, 6.07) is 0. The molecule has 0 spiro atoms. The van der Waals surface area contributed by atoms with E-state index < -0.39 is 5.97 Å². The van der Waals surface area contributed by atoms with Crippen molar-refractivity contribution in [3.63, 3.8) is 0 Å². The first-order chi connectivity index (χ1) is 13.4. The molecule has 0 radical (unpaired) electrons. The van der Waals surface area contributed by atoms with Crippen LogP contribution in [0.5, 0.6) is 0 Å². The predicted molar refractivity (Wildman–Crippen MR) is 114 cm³/mol. The highest BCUT2D eigenvalue weighted by molar-refractivity contribution is 5.86. The van der Waals surface area contributed by atoms with Crippen LogP contribution in [0.25, 0.3) is 0 Å². The first-order valence-corrected chi connectivity index (χ1v) is 10.3. The van der Waals surface area contributed by atoms with E-state index in [9.17, 15) is 14.4 Å². The van der Waals surface area contributed by atoms with Crippen LogP contribution in [0.4, 0.5) is 0 Å². The number of aliphatic hydroxyl groups is 1. The SMILES string of the molecule is C=C(C)C(=O)OCCCC(=O)OC(C)CC.CCC(C)O.CCC(C)OC(C)=O. The molecular weight excluding hydrogens is 376 g/mol. The zero-order chi connectivity index (χ0) is 23.4. The van der Waals surface area contributed by atoms with E-state index in [1.165, 1.54) is 6.92 Å². The zero-order valence-electron chi connectivity index (χ0n) is 19.6. The summed E-state index contributed by atoms with van der Waals surface area (Å²) in [6.45, 7) is 18.1. The van der Waals surface area contributed by atoms with Gasteiger partial charge in [0.25, 0.3) is 0 Å². The molecule has 0 aliphatic carbocycles. The topological polar surface area (TPSA) is 99.1 Å². The fourth-order valence-electron chi connectivity index (χ4n) is 1.24. The molecule has 3 unspecified atom stereocenters. The molecule has 0 saturated carbocycles. The Morgan fingerprint density at radius 2 is 1.34 bits per heavy atom. The average molecular weight is 419 g/mol. The summed E-state index contributed by atoms with van der Waals surface area (Å²) in [5, 5.41) is 8.36. The minimum atomic E-state index is -0.421. The summed E-state index contributed by atoms with van der Waals surface area (Å²) in [6.07, 6.45) is 3.21. The molecule has 0 aromatic heterocycles. The number of rotatable bonds is 10. The summed E-state index contributed by atoms with van der Waals surface area (Å²) in [7, 11) is 0. The first-order valence-electron chi connectivity index (χ1n) is 10.3. The normalized spacial score (nSPS) is 12.6. The molecule has 0 bridgehead atoms. The monoisotopic (exact) mass is 418 g/mol. The van der Waals surface area contributed by atoms with Crippen LogP contribution >= 0.6 is 0 Å². The van der Waals surface area contributed by atoms with Crippen LogP contribution in [0.3, 0.4) is 0 Å². The summed E-state index contributed by atoms with van der Waals surface area (Å²) in [5.41, 5.74) is 0.363. The van der Waals surface area contributed by atoms with Crippen molar-refractivity contribution in [2.45, 2.75) is 106 Å². The molecular formula is C22H42O7. The van der Waals surface area contributed by atoms with Crippen LogP contribution < -0.4 is 0 Å².